The molecule has 1 unspecified atom stereocenters. The van der Waals surface area contributed by atoms with Crippen molar-refractivity contribution in [1.29, 1.82) is 0 Å². The Labute approximate surface area is 132 Å². The second-order valence-corrected chi connectivity index (χ2v) is 7.20. The largest absolute Gasteiger partial charge is 0.354 e. The quantitative estimate of drug-likeness (QED) is 0.681. The van der Waals surface area contributed by atoms with Crippen LogP contribution in [-0.4, -0.2) is 58.3 Å². The van der Waals surface area contributed by atoms with Crippen LogP contribution in [-0.2, 0) is 6.54 Å². The van der Waals surface area contributed by atoms with Crippen LogP contribution in [0.1, 0.15) is 19.4 Å². The highest BCUT2D eigenvalue weighted by Gasteiger charge is 2.24. The van der Waals surface area contributed by atoms with Gasteiger partial charge in [0.2, 0.25) is 0 Å². The molecule has 0 radical (unpaired) electrons. The number of thioether (sulfide) groups is 1. The third-order valence-corrected chi connectivity index (χ3v) is 5.27. The third-order valence-electron chi connectivity index (χ3n) is 3.73. The molecule has 0 amide bonds. The average Bonchev–Trinajstić information content (AvgIpc) is 2.89. The van der Waals surface area contributed by atoms with Crippen molar-refractivity contribution < 1.29 is 0 Å². The van der Waals surface area contributed by atoms with Crippen LogP contribution in [0.3, 0.4) is 0 Å². The van der Waals surface area contributed by atoms with E-state index >= 15 is 0 Å². The number of aliphatic imine (C=N–C) groups is 1. The SMILES string of the molecule is CN=C(NCCn1cc(C)cn1)N1CCSC(C(C)C)C1. The van der Waals surface area contributed by atoms with Gasteiger partial charge in [-0.25, -0.2) is 0 Å². The van der Waals surface area contributed by atoms with Crippen molar-refractivity contribution in [2.24, 2.45) is 10.9 Å². The van der Waals surface area contributed by atoms with Gasteiger partial charge in [0.15, 0.2) is 5.96 Å². The monoisotopic (exact) mass is 309 g/mol. The van der Waals surface area contributed by atoms with E-state index in [2.05, 4.69) is 59.0 Å². The van der Waals surface area contributed by atoms with E-state index < -0.39 is 0 Å². The highest BCUT2D eigenvalue weighted by atomic mass is 32.2. The third kappa shape index (κ3) is 4.66. The first-order valence-corrected chi connectivity index (χ1v) is 8.71. The van der Waals surface area contributed by atoms with Gasteiger partial charge >= 0.3 is 0 Å². The summed E-state index contributed by atoms with van der Waals surface area (Å²) in [5.74, 6) is 2.91. The van der Waals surface area contributed by atoms with E-state index in [4.69, 9.17) is 0 Å². The van der Waals surface area contributed by atoms with E-state index in [9.17, 15) is 0 Å². The minimum Gasteiger partial charge on any atom is -0.354 e. The number of aromatic nitrogens is 2. The van der Waals surface area contributed by atoms with E-state index in [0.29, 0.717) is 11.2 Å². The van der Waals surface area contributed by atoms with Gasteiger partial charge in [-0.05, 0) is 18.4 Å². The van der Waals surface area contributed by atoms with Crippen LogP contribution >= 0.6 is 11.8 Å². The van der Waals surface area contributed by atoms with Crippen LogP contribution in [0.25, 0.3) is 0 Å². The zero-order valence-corrected chi connectivity index (χ0v) is 14.4. The minimum atomic E-state index is 0.700. The summed E-state index contributed by atoms with van der Waals surface area (Å²) >= 11 is 2.09. The summed E-state index contributed by atoms with van der Waals surface area (Å²) in [6.07, 6.45) is 3.96. The molecule has 1 N–H and O–H groups in total. The molecule has 118 valence electrons. The second kappa shape index (κ2) is 7.73. The summed E-state index contributed by atoms with van der Waals surface area (Å²) in [6, 6.07) is 0. The number of nitrogens with zero attached hydrogens (tertiary/aromatic N) is 4. The Balaban J connectivity index is 1.82. The molecule has 2 heterocycles. The molecule has 0 bridgehead atoms. The molecule has 1 aromatic heterocycles. The summed E-state index contributed by atoms with van der Waals surface area (Å²) in [5, 5.41) is 8.47. The summed E-state index contributed by atoms with van der Waals surface area (Å²) in [6.45, 7) is 10.5. The van der Waals surface area contributed by atoms with Crippen molar-refractivity contribution in [1.82, 2.24) is 20.0 Å². The Bertz CT molecular complexity index is 468. The molecule has 21 heavy (non-hydrogen) atoms. The van der Waals surface area contributed by atoms with Crippen LogP contribution in [0, 0.1) is 12.8 Å². The van der Waals surface area contributed by atoms with Crippen LogP contribution in [0.2, 0.25) is 0 Å². The van der Waals surface area contributed by atoms with E-state index in [1.54, 1.807) is 0 Å². The molecule has 5 nitrogen and oxygen atoms in total. The molecule has 1 atom stereocenters. The average molecular weight is 309 g/mol. The molecule has 0 aliphatic carbocycles. The maximum Gasteiger partial charge on any atom is 0.193 e. The number of hydrogen-bond acceptors (Lipinski definition) is 3. The van der Waals surface area contributed by atoms with Gasteiger partial charge in [-0.15, -0.1) is 0 Å². The Hall–Kier alpha value is -1.17. The number of guanidine groups is 1. The topological polar surface area (TPSA) is 45.5 Å². The second-order valence-electron chi connectivity index (χ2n) is 5.85. The first-order chi connectivity index (χ1) is 10.1. The van der Waals surface area contributed by atoms with Gasteiger partial charge in [0.1, 0.15) is 0 Å². The summed E-state index contributed by atoms with van der Waals surface area (Å²) < 4.78 is 1.97. The molecule has 1 saturated heterocycles. The number of hydrogen-bond donors (Lipinski definition) is 1. The number of nitrogens with one attached hydrogen (secondary N) is 1. The fraction of sp³-hybridized carbons (Fsp3) is 0.733. The van der Waals surface area contributed by atoms with E-state index in [0.717, 1.165) is 32.1 Å². The first kappa shape index (κ1) is 16.2. The van der Waals surface area contributed by atoms with Crippen LogP contribution < -0.4 is 5.32 Å². The normalized spacial score (nSPS) is 20.1. The molecule has 1 aliphatic rings. The fourth-order valence-electron chi connectivity index (χ4n) is 2.47. The Morgan fingerprint density at radius 3 is 3.00 bits per heavy atom. The fourth-order valence-corrected chi connectivity index (χ4v) is 3.77. The maximum absolute atomic E-state index is 4.43. The first-order valence-electron chi connectivity index (χ1n) is 7.66. The highest BCUT2D eigenvalue weighted by Crippen LogP contribution is 2.24. The van der Waals surface area contributed by atoms with Crippen LogP contribution in [0.5, 0.6) is 0 Å². The lowest BCUT2D eigenvalue weighted by Gasteiger charge is -2.36. The van der Waals surface area contributed by atoms with Crippen molar-refractivity contribution >= 4 is 17.7 Å². The number of aryl methyl sites for hydroxylation is 1. The maximum atomic E-state index is 4.43. The number of rotatable bonds is 4. The molecular formula is C15H27N5S. The molecule has 0 aromatic carbocycles. The lowest BCUT2D eigenvalue weighted by Crippen LogP contribution is -2.49. The summed E-state index contributed by atoms with van der Waals surface area (Å²) in [5.41, 5.74) is 1.20. The lowest BCUT2D eigenvalue weighted by molar-refractivity contribution is 0.379. The van der Waals surface area contributed by atoms with Gasteiger partial charge in [-0.2, -0.15) is 16.9 Å². The standard InChI is InChI=1S/C15H27N5S/c1-12(2)14-11-19(7-8-21-14)15(16-4)17-5-6-20-10-13(3)9-18-20/h9-10,12,14H,5-8,11H2,1-4H3,(H,16,17). The summed E-state index contributed by atoms with van der Waals surface area (Å²) in [7, 11) is 1.87. The predicted octanol–water partition coefficient (Wildman–Crippen LogP) is 1.84. The van der Waals surface area contributed by atoms with Gasteiger partial charge in [0.25, 0.3) is 0 Å². The van der Waals surface area contributed by atoms with Crippen LogP contribution in [0.4, 0.5) is 0 Å². The molecule has 1 aromatic rings. The Kier molecular flexibility index (Phi) is 5.96. The van der Waals surface area contributed by atoms with Gasteiger partial charge in [-0.3, -0.25) is 9.67 Å². The highest BCUT2D eigenvalue weighted by molar-refractivity contribution is 8.00. The van der Waals surface area contributed by atoms with E-state index in [1.807, 2.05) is 17.9 Å². The van der Waals surface area contributed by atoms with Crippen molar-refractivity contribution in [2.75, 3.05) is 32.4 Å². The zero-order chi connectivity index (χ0) is 15.2. The molecule has 0 saturated carbocycles. The Morgan fingerprint density at radius 1 is 1.57 bits per heavy atom. The molecular weight excluding hydrogens is 282 g/mol. The zero-order valence-electron chi connectivity index (χ0n) is 13.5. The molecule has 6 heteroatoms. The van der Waals surface area contributed by atoms with Gasteiger partial charge in [0.05, 0.1) is 12.7 Å². The van der Waals surface area contributed by atoms with E-state index in [1.165, 1.54) is 11.3 Å². The predicted molar refractivity (Wildman–Crippen MR) is 91.0 cm³/mol. The van der Waals surface area contributed by atoms with Gasteiger partial charge in [0, 0.05) is 43.9 Å². The van der Waals surface area contributed by atoms with Crippen molar-refractivity contribution in [3.63, 3.8) is 0 Å². The van der Waals surface area contributed by atoms with Crippen molar-refractivity contribution in [3.05, 3.63) is 18.0 Å². The molecule has 1 fully saturated rings. The van der Waals surface area contributed by atoms with Crippen LogP contribution in [0.15, 0.2) is 17.4 Å². The Morgan fingerprint density at radius 2 is 2.38 bits per heavy atom. The lowest BCUT2D eigenvalue weighted by atomic mass is 10.1. The van der Waals surface area contributed by atoms with Crippen molar-refractivity contribution in [2.45, 2.75) is 32.6 Å². The van der Waals surface area contributed by atoms with E-state index in [-0.39, 0.29) is 0 Å². The molecule has 0 spiro atoms. The minimum absolute atomic E-state index is 0.700. The van der Waals surface area contributed by atoms with Crippen molar-refractivity contribution in [3.8, 4) is 0 Å². The molecule has 2 rings (SSSR count). The smallest absolute Gasteiger partial charge is 0.193 e. The van der Waals surface area contributed by atoms with Gasteiger partial charge in [-0.1, -0.05) is 13.8 Å². The molecule has 1 aliphatic heterocycles. The summed E-state index contributed by atoms with van der Waals surface area (Å²) in [4.78, 5) is 6.82. The van der Waals surface area contributed by atoms with Gasteiger partial charge < -0.3 is 10.2 Å².